The molecule has 0 aromatic carbocycles. The van der Waals surface area contributed by atoms with E-state index in [9.17, 15) is 0 Å². The Labute approximate surface area is 109 Å². The summed E-state index contributed by atoms with van der Waals surface area (Å²) in [5, 5.41) is 3.60. The molecule has 0 aromatic heterocycles. The lowest BCUT2D eigenvalue weighted by Crippen LogP contribution is -2.34. The highest BCUT2D eigenvalue weighted by atomic mass is 14.9. The third-order valence-corrected chi connectivity index (χ3v) is 3.57. The minimum Gasteiger partial charge on any atom is -0.314 e. The molecular weight excluding hydrogens is 206 g/mol. The summed E-state index contributed by atoms with van der Waals surface area (Å²) in [5.74, 6) is 0.656. The van der Waals surface area contributed by atoms with E-state index in [1.165, 1.54) is 50.5 Å². The second-order valence-corrected chi connectivity index (χ2v) is 5.40. The Bertz CT molecular complexity index is 186. The summed E-state index contributed by atoms with van der Waals surface area (Å²) < 4.78 is 0. The minimum atomic E-state index is 0.582. The maximum Gasteiger partial charge on any atom is 0.0104 e. The second-order valence-electron chi connectivity index (χ2n) is 5.40. The van der Waals surface area contributed by atoms with E-state index >= 15 is 0 Å². The molecule has 0 saturated carbocycles. The smallest absolute Gasteiger partial charge is 0.0104 e. The zero-order valence-corrected chi connectivity index (χ0v) is 12.5. The van der Waals surface area contributed by atoms with Crippen LogP contribution in [-0.2, 0) is 0 Å². The fourth-order valence-corrected chi connectivity index (χ4v) is 2.41. The summed E-state index contributed by atoms with van der Waals surface area (Å²) in [6.07, 6.45) is 9.38. The predicted octanol–water partition coefficient (Wildman–Crippen LogP) is 4.93. The van der Waals surface area contributed by atoms with Crippen molar-refractivity contribution >= 4 is 0 Å². The van der Waals surface area contributed by atoms with E-state index in [1.807, 2.05) is 0 Å². The Morgan fingerprint density at radius 1 is 1.06 bits per heavy atom. The van der Waals surface area contributed by atoms with Crippen LogP contribution in [0.2, 0.25) is 0 Å². The average Bonchev–Trinajstić information content (AvgIpc) is 2.30. The number of nitrogens with one attached hydrogen (secondary N) is 1. The third-order valence-electron chi connectivity index (χ3n) is 3.57. The molecule has 0 aliphatic heterocycles. The summed E-state index contributed by atoms with van der Waals surface area (Å²) in [4.78, 5) is 0. The van der Waals surface area contributed by atoms with Crippen LogP contribution in [0.4, 0.5) is 0 Å². The number of unbranched alkanes of at least 4 members (excludes halogenated alkanes) is 4. The van der Waals surface area contributed by atoms with Gasteiger partial charge in [-0.25, -0.2) is 0 Å². The van der Waals surface area contributed by atoms with E-state index in [-0.39, 0.29) is 0 Å². The van der Waals surface area contributed by atoms with Crippen molar-refractivity contribution in [1.82, 2.24) is 5.32 Å². The topological polar surface area (TPSA) is 12.0 Å². The van der Waals surface area contributed by atoms with Gasteiger partial charge in [0, 0.05) is 6.04 Å². The first kappa shape index (κ1) is 16.7. The molecule has 0 rings (SSSR count). The van der Waals surface area contributed by atoms with Crippen molar-refractivity contribution < 1.29 is 0 Å². The molecule has 0 aliphatic carbocycles. The fourth-order valence-electron chi connectivity index (χ4n) is 2.41. The average molecular weight is 239 g/mol. The van der Waals surface area contributed by atoms with Crippen LogP contribution in [0.3, 0.4) is 0 Å². The van der Waals surface area contributed by atoms with Crippen LogP contribution < -0.4 is 5.32 Å². The molecule has 1 N–H and O–H groups in total. The number of rotatable bonds is 11. The van der Waals surface area contributed by atoms with Gasteiger partial charge in [0.25, 0.3) is 0 Å². The summed E-state index contributed by atoms with van der Waals surface area (Å²) in [6, 6.07) is 0.582. The highest BCUT2D eigenvalue weighted by molar-refractivity contribution is 5.00. The second kappa shape index (κ2) is 10.8. The van der Waals surface area contributed by atoms with E-state index in [0.29, 0.717) is 12.0 Å². The van der Waals surface area contributed by atoms with E-state index in [2.05, 4.69) is 39.6 Å². The highest BCUT2D eigenvalue weighted by Gasteiger charge is 2.16. The normalized spacial score (nSPS) is 14.6. The van der Waals surface area contributed by atoms with E-state index < -0.39 is 0 Å². The maximum atomic E-state index is 4.16. The Hall–Kier alpha value is -0.300. The van der Waals surface area contributed by atoms with Crippen molar-refractivity contribution in [2.24, 2.45) is 5.92 Å². The first-order valence-corrected chi connectivity index (χ1v) is 7.52. The lowest BCUT2D eigenvalue weighted by molar-refractivity contribution is 0.384. The van der Waals surface area contributed by atoms with Crippen LogP contribution in [0.25, 0.3) is 0 Å². The molecule has 0 radical (unpaired) electrons. The molecule has 0 bridgehead atoms. The maximum absolute atomic E-state index is 4.16. The molecule has 17 heavy (non-hydrogen) atoms. The zero-order valence-electron chi connectivity index (χ0n) is 12.5. The summed E-state index contributed by atoms with van der Waals surface area (Å²) in [7, 11) is 0. The molecular formula is C16H33N. The largest absolute Gasteiger partial charge is 0.314 e. The van der Waals surface area contributed by atoms with Gasteiger partial charge < -0.3 is 5.32 Å². The van der Waals surface area contributed by atoms with E-state index in [0.717, 1.165) is 6.54 Å². The molecule has 0 aliphatic rings. The van der Waals surface area contributed by atoms with Crippen LogP contribution >= 0.6 is 0 Å². The van der Waals surface area contributed by atoms with Gasteiger partial charge in [-0.05, 0) is 39.2 Å². The van der Waals surface area contributed by atoms with Crippen molar-refractivity contribution in [3.63, 3.8) is 0 Å². The highest BCUT2D eigenvalue weighted by Crippen LogP contribution is 2.21. The molecule has 2 atom stereocenters. The molecule has 0 amide bonds. The quantitative estimate of drug-likeness (QED) is 0.398. The third kappa shape index (κ3) is 8.43. The van der Waals surface area contributed by atoms with E-state index in [4.69, 9.17) is 0 Å². The van der Waals surface area contributed by atoms with Crippen molar-refractivity contribution in [3.05, 3.63) is 12.2 Å². The monoisotopic (exact) mass is 239 g/mol. The summed E-state index contributed by atoms with van der Waals surface area (Å²) in [6.45, 7) is 14.3. The molecule has 0 fully saturated rings. The van der Waals surface area contributed by atoms with Crippen LogP contribution in [0, 0.1) is 5.92 Å². The molecule has 1 heteroatoms. The summed E-state index contributed by atoms with van der Waals surface area (Å²) in [5.41, 5.74) is 1.34. The fraction of sp³-hybridized carbons (Fsp3) is 0.875. The van der Waals surface area contributed by atoms with E-state index in [1.54, 1.807) is 0 Å². The lowest BCUT2D eigenvalue weighted by atomic mass is 9.88. The Kier molecular flexibility index (Phi) is 10.6. The van der Waals surface area contributed by atoms with Crippen LogP contribution in [0.1, 0.15) is 72.6 Å². The van der Waals surface area contributed by atoms with Crippen LogP contribution in [0.15, 0.2) is 12.2 Å². The number of hydrogen-bond acceptors (Lipinski definition) is 1. The van der Waals surface area contributed by atoms with Gasteiger partial charge in [-0.2, -0.15) is 0 Å². The van der Waals surface area contributed by atoms with Gasteiger partial charge in [0.15, 0.2) is 0 Å². The Balaban J connectivity index is 3.85. The zero-order chi connectivity index (χ0) is 13.1. The number of hydrogen-bond donors (Lipinski definition) is 1. The van der Waals surface area contributed by atoms with Gasteiger partial charge in [0.05, 0.1) is 0 Å². The van der Waals surface area contributed by atoms with Gasteiger partial charge >= 0.3 is 0 Å². The van der Waals surface area contributed by atoms with Crippen LogP contribution in [0.5, 0.6) is 0 Å². The SMILES string of the molecule is C=C(C)C(CCCCCCC)C(C)NCCC. The molecule has 0 spiro atoms. The van der Waals surface area contributed by atoms with Gasteiger partial charge in [0.1, 0.15) is 0 Å². The van der Waals surface area contributed by atoms with Crippen molar-refractivity contribution in [2.75, 3.05) is 6.54 Å². The molecule has 1 nitrogen and oxygen atoms in total. The first-order chi connectivity index (χ1) is 8.13. The lowest BCUT2D eigenvalue weighted by Gasteiger charge is -2.25. The van der Waals surface area contributed by atoms with Gasteiger partial charge in [-0.3, -0.25) is 0 Å². The predicted molar refractivity (Wildman–Crippen MR) is 79.4 cm³/mol. The molecule has 0 aromatic rings. The molecule has 102 valence electrons. The molecule has 0 saturated heterocycles. The van der Waals surface area contributed by atoms with Crippen LogP contribution in [-0.4, -0.2) is 12.6 Å². The molecule has 2 unspecified atom stereocenters. The van der Waals surface area contributed by atoms with Crippen molar-refractivity contribution in [3.8, 4) is 0 Å². The van der Waals surface area contributed by atoms with Crippen molar-refractivity contribution in [1.29, 1.82) is 0 Å². The van der Waals surface area contributed by atoms with Gasteiger partial charge in [-0.15, -0.1) is 0 Å². The molecule has 0 heterocycles. The Morgan fingerprint density at radius 3 is 2.24 bits per heavy atom. The minimum absolute atomic E-state index is 0.582. The van der Waals surface area contributed by atoms with Gasteiger partial charge in [-0.1, -0.05) is 58.1 Å². The Morgan fingerprint density at radius 2 is 1.71 bits per heavy atom. The first-order valence-electron chi connectivity index (χ1n) is 7.52. The summed E-state index contributed by atoms with van der Waals surface area (Å²) >= 11 is 0. The standard InChI is InChI=1S/C16H33N/c1-6-8-9-10-11-12-16(14(3)4)15(5)17-13-7-2/h15-17H,3,6-13H2,1-2,4-5H3. The van der Waals surface area contributed by atoms with Crippen molar-refractivity contribution in [2.45, 2.75) is 78.7 Å². The van der Waals surface area contributed by atoms with Gasteiger partial charge in [0.2, 0.25) is 0 Å².